The SMILES string of the molecule is CCc1nnsc1C(=O)c1ccccc1C. The van der Waals surface area contributed by atoms with Gasteiger partial charge in [-0.3, -0.25) is 4.79 Å². The highest BCUT2D eigenvalue weighted by Gasteiger charge is 2.17. The molecule has 1 heterocycles. The number of aryl methyl sites for hydroxylation is 2. The van der Waals surface area contributed by atoms with Crippen molar-refractivity contribution in [3.8, 4) is 0 Å². The van der Waals surface area contributed by atoms with E-state index in [1.54, 1.807) is 0 Å². The van der Waals surface area contributed by atoms with Crippen LogP contribution in [0.1, 0.15) is 33.4 Å². The van der Waals surface area contributed by atoms with Crippen molar-refractivity contribution >= 4 is 17.3 Å². The van der Waals surface area contributed by atoms with Crippen LogP contribution in [-0.2, 0) is 6.42 Å². The summed E-state index contributed by atoms with van der Waals surface area (Å²) in [5.74, 6) is 0.0324. The molecule has 2 rings (SSSR count). The summed E-state index contributed by atoms with van der Waals surface area (Å²) in [5.41, 5.74) is 2.52. The Balaban J connectivity index is 2.44. The Labute approximate surface area is 98.3 Å². The molecule has 3 nitrogen and oxygen atoms in total. The van der Waals surface area contributed by atoms with E-state index in [0.29, 0.717) is 4.88 Å². The van der Waals surface area contributed by atoms with E-state index in [2.05, 4.69) is 9.59 Å². The molecule has 0 N–H and O–H groups in total. The van der Waals surface area contributed by atoms with Gasteiger partial charge >= 0.3 is 0 Å². The zero-order valence-electron chi connectivity index (χ0n) is 9.23. The number of aromatic nitrogens is 2. The van der Waals surface area contributed by atoms with Crippen LogP contribution in [0.2, 0.25) is 0 Å². The van der Waals surface area contributed by atoms with Crippen molar-refractivity contribution in [1.29, 1.82) is 0 Å². The monoisotopic (exact) mass is 232 g/mol. The van der Waals surface area contributed by atoms with Crippen LogP contribution in [0, 0.1) is 6.92 Å². The molecule has 0 saturated heterocycles. The first-order valence-corrected chi connectivity index (χ1v) is 5.93. The van der Waals surface area contributed by atoms with Crippen molar-refractivity contribution in [3.05, 3.63) is 46.0 Å². The summed E-state index contributed by atoms with van der Waals surface area (Å²) in [6, 6.07) is 7.59. The number of hydrogen-bond acceptors (Lipinski definition) is 4. The Bertz CT molecular complexity index is 519. The van der Waals surface area contributed by atoms with Gasteiger partial charge in [-0.15, -0.1) is 5.10 Å². The Morgan fingerprint density at radius 2 is 2.12 bits per heavy atom. The van der Waals surface area contributed by atoms with Crippen molar-refractivity contribution in [2.45, 2.75) is 20.3 Å². The maximum atomic E-state index is 12.2. The van der Waals surface area contributed by atoms with E-state index in [9.17, 15) is 4.79 Å². The summed E-state index contributed by atoms with van der Waals surface area (Å²) >= 11 is 1.18. The molecule has 0 amide bonds. The Morgan fingerprint density at radius 3 is 2.81 bits per heavy atom. The molecule has 1 aromatic heterocycles. The normalized spacial score (nSPS) is 10.4. The Kier molecular flexibility index (Phi) is 3.10. The van der Waals surface area contributed by atoms with E-state index in [0.717, 1.165) is 23.2 Å². The van der Waals surface area contributed by atoms with Gasteiger partial charge in [0.25, 0.3) is 0 Å². The molecule has 16 heavy (non-hydrogen) atoms. The van der Waals surface area contributed by atoms with Gasteiger partial charge in [0, 0.05) is 5.56 Å². The fourth-order valence-corrected chi connectivity index (χ4v) is 2.27. The van der Waals surface area contributed by atoms with Crippen molar-refractivity contribution < 1.29 is 4.79 Å². The predicted molar refractivity (Wildman–Crippen MR) is 63.9 cm³/mol. The molecule has 0 atom stereocenters. The third kappa shape index (κ3) is 1.88. The number of carbonyl (C=O) groups excluding carboxylic acids is 1. The average molecular weight is 232 g/mol. The van der Waals surface area contributed by atoms with Gasteiger partial charge in [0.05, 0.1) is 5.69 Å². The highest BCUT2D eigenvalue weighted by molar-refractivity contribution is 7.08. The number of nitrogens with zero attached hydrogens (tertiary/aromatic N) is 2. The second-order valence-electron chi connectivity index (χ2n) is 3.55. The zero-order chi connectivity index (χ0) is 11.5. The fraction of sp³-hybridized carbons (Fsp3) is 0.250. The number of rotatable bonds is 3. The van der Waals surface area contributed by atoms with E-state index >= 15 is 0 Å². The van der Waals surface area contributed by atoms with Crippen LogP contribution in [0.3, 0.4) is 0 Å². The quantitative estimate of drug-likeness (QED) is 0.764. The van der Waals surface area contributed by atoms with Crippen LogP contribution >= 0.6 is 11.5 Å². The number of hydrogen-bond donors (Lipinski definition) is 0. The van der Waals surface area contributed by atoms with Crippen molar-refractivity contribution in [1.82, 2.24) is 9.59 Å². The number of carbonyl (C=O) groups is 1. The van der Waals surface area contributed by atoms with Gasteiger partial charge in [0.1, 0.15) is 4.88 Å². The van der Waals surface area contributed by atoms with Crippen LogP contribution < -0.4 is 0 Å². The Morgan fingerprint density at radius 1 is 1.38 bits per heavy atom. The molecular formula is C12H12N2OS. The molecule has 0 fully saturated rings. The molecule has 0 spiro atoms. The molecular weight excluding hydrogens is 220 g/mol. The summed E-state index contributed by atoms with van der Waals surface area (Å²) < 4.78 is 3.84. The van der Waals surface area contributed by atoms with Gasteiger partial charge < -0.3 is 0 Å². The minimum atomic E-state index is 0.0324. The van der Waals surface area contributed by atoms with E-state index in [4.69, 9.17) is 0 Å². The van der Waals surface area contributed by atoms with Crippen LogP contribution in [0.25, 0.3) is 0 Å². The van der Waals surface area contributed by atoms with Gasteiger partial charge in [-0.1, -0.05) is 35.7 Å². The van der Waals surface area contributed by atoms with E-state index in [-0.39, 0.29) is 5.78 Å². The summed E-state index contributed by atoms with van der Waals surface area (Å²) in [6.45, 7) is 3.92. The summed E-state index contributed by atoms with van der Waals surface area (Å²) in [6.07, 6.45) is 0.740. The summed E-state index contributed by atoms with van der Waals surface area (Å²) in [4.78, 5) is 12.9. The van der Waals surface area contributed by atoms with E-state index in [1.807, 2.05) is 38.1 Å². The lowest BCUT2D eigenvalue weighted by Crippen LogP contribution is -2.04. The van der Waals surface area contributed by atoms with Crippen molar-refractivity contribution in [2.24, 2.45) is 0 Å². The highest BCUT2D eigenvalue weighted by Crippen LogP contribution is 2.19. The van der Waals surface area contributed by atoms with E-state index < -0.39 is 0 Å². The van der Waals surface area contributed by atoms with Gasteiger partial charge in [0.15, 0.2) is 0 Å². The lowest BCUT2D eigenvalue weighted by Gasteiger charge is -2.02. The molecule has 0 unspecified atom stereocenters. The van der Waals surface area contributed by atoms with E-state index in [1.165, 1.54) is 11.5 Å². The Hall–Kier alpha value is -1.55. The largest absolute Gasteiger partial charge is 0.288 e. The zero-order valence-corrected chi connectivity index (χ0v) is 10.0. The number of ketones is 1. The molecule has 2 aromatic rings. The maximum Gasteiger partial charge on any atom is 0.206 e. The summed E-state index contributed by atoms with van der Waals surface area (Å²) in [7, 11) is 0. The molecule has 0 aliphatic heterocycles. The van der Waals surface area contributed by atoms with Crippen LogP contribution in [0.5, 0.6) is 0 Å². The van der Waals surface area contributed by atoms with Crippen LogP contribution in [0.15, 0.2) is 24.3 Å². The fourth-order valence-electron chi connectivity index (χ4n) is 1.56. The average Bonchev–Trinajstić information content (AvgIpc) is 2.77. The second-order valence-corrected chi connectivity index (χ2v) is 4.30. The first-order chi connectivity index (χ1) is 7.74. The molecule has 4 heteroatoms. The van der Waals surface area contributed by atoms with Crippen LogP contribution in [-0.4, -0.2) is 15.4 Å². The molecule has 0 aliphatic carbocycles. The minimum absolute atomic E-state index is 0.0324. The highest BCUT2D eigenvalue weighted by atomic mass is 32.1. The lowest BCUT2D eigenvalue weighted by atomic mass is 10.0. The number of benzene rings is 1. The third-order valence-corrected chi connectivity index (χ3v) is 3.25. The lowest BCUT2D eigenvalue weighted by molar-refractivity contribution is 0.104. The van der Waals surface area contributed by atoms with Crippen molar-refractivity contribution in [3.63, 3.8) is 0 Å². The third-order valence-electron chi connectivity index (χ3n) is 2.49. The van der Waals surface area contributed by atoms with Gasteiger partial charge in [-0.2, -0.15) is 0 Å². The molecule has 0 aliphatic rings. The predicted octanol–water partition coefficient (Wildman–Crippen LogP) is 2.64. The first kappa shape index (κ1) is 11.0. The molecule has 0 radical (unpaired) electrons. The standard InChI is InChI=1S/C12H12N2OS/c1-3-10-12(16-14-13-10)11(15)9-7-5-4-6-8(9)2/h4-7H,3H2,1-2H3. The molecule has 0 saturated carbocycles. The van der Waals surface area contributed by atoms with Gasteiger partial charge in [-0.05, 0) is 30.4 Å². The van der Waals surface area contributed by atoms with Crippen LogP contribution in [0.4, 0.5) is 0 Å². The second kappa shape index (κ2) is 4.53. The first-order valence-electron chi connectivity index (χ1n) is 5.15. The minimum Gasteiger partial charge on any atom is -0.288 e. The van der Waals surface area contributed by atoms with Gasteiger partial charge in [-0.25, -0.2) is 0 Å². The van der Waals surface area contributed by atoms with Crippen molar-refractivity contribution in [2.75, 3.05) is 0 Å². The topological polar surface area (TPSA) is 42.9 Å². The molecule has 1 aromatic carbocycles. The smallest absolute Gasteiger partial charge is 0.206 e. The molecule has 0 bridgehead atoms. The maximum absolute atomic E-state index is 12.2. The summed E-state index contributed by atoms with van der Waals surface area (Å²) in [5, 5.41) is 3.96. The molecule has 82 valence electrons. The van der Waals surface area contributed by atoms with Gasteiger partial charge in [0.2, 0.25) is 5.78 Å².